The summed E-state index contributed by atoms with van der Waals surface area (Å²) in [6.45, 7) is 0.232. The van der Waals surface area contributed by atoms with E-state index in [-0.39, 0.29) is 37.1 Å². The number of imide groups is 1. The van der Waals surface area contributed by atoms with Crippen LogP contribution in [0.5, 0.6) is 5.75 Å². The lowest BCUT2D eigenvalue weighted by Gasteiger charge is -2.21. The van der Waals surface area contributed by atoms with Gasteiger partial charge < -0.3 is 9.64 Å². The quantitative estimate of drug-likeness (QED) is 0.781. The third-order valence-corrected chi connectivity index (χ3v) is 4.41. The summed E-state index contributed by atoms with van der Waals surface area (Å²) in [5.74, 6) is 0.00345. The highest BCUT2D eigenvalue weighted by Crippen LogP contribution is 2.22. The highest BCUT2D eigenvalue weighted by molar-refractivity contribution is 6.04. The molecule has 1 heterocycles. The van der Waals surface area contributed by atoms with E-state index in [1.54, 1.807) is 14.2 Å². The van der Waals surface area contributed by atoms with Gasteiger partial charge in [0.15, 0.2) is 0 Å². The first-order valence-corrected chi connectivity index (χ1v) is 8.12. The zero-order valence-corrected chi connectivity index (χ0v) is 14.3. The lowest BCUT2D eigenvalue weighted by atomic mass is 10.1. The van der Waals surface area contributed by atoms with Gasteiger partial charge in [-0.05, 0) is 34.5 Å². The molecule has 0 aromatic heterocycles. The number of carbonyl (C=O) groups is 3. The van der Waals surface area contributed by atoms with Gasteiger partial charge in [-0.3, -0.25) is 19.3 Å². The number of likely N-dealkylation sites (N-methyl/N-ethyl adjacent to an activating group) is 1. The van der Waals surface area contributed by atoms with Gasteiger partial charge >= 0.3 is 0 Å². The fraction of sp³-hybridized carbons (Fsp3) is 0.316. The van der Waals surface area contributed by atoms with Crippen molar-refractivity contribution in [1.82, 2.24) is 9.80 Å². The van der Waals surface area contributed by atoms with Gasteiger partial charge in [-0.25, -0.2) is 0 Å². The van der Waals surface area contributed by atoms with Crippen LogP contribution in [0.3, 0.4) is 0 Å². The minimum Gasteiger partial charge on any atom is -0.497 e. The van der Waals surface area contributed by atoms with E-state index in [2.05, 4.69) is 0 Å². The van der Waals surface area contributed by atoms with Crippen LogP contribution in [0.2, 0.25) is 0 Å². The normalized spacial score (nSPS) is 14.2. The van der Waals surface area contributed by atoms with Gasteiger partial charge in [0.05, 0.1) is 7.11 Å². The maximum absolute atomic E-state index is 12.3. The number of likely N-dealkylation sites (tertiary alicyclic amines) is 1. The second-order valence-corrected chi connectivity index (χ2v) is 6.17. The Bertz CT molecular complexity index is 830. The van der Waals surface area contributed by atoms with Crippen molar-refractivity contribution < 1.29 is 19.1 Å². The molecule has 1 saturated heterocycles. The number of methoxy groups -OCH3 is 1. The van der Waals surface area contributed by atoms with Crippen LogP contribution in [0.15, 0.2) is 36.4 Å². The number of benzene rings is 2. The van der Waals surface area contributed by atoms with Crippen LogP contribution in [0.4, 0.5) is 0 Å². The Morgan fingerprint density at radius 3 is 2.40 bits per heavy atom. The molecular formula is C19H20N2O4. The molecule has 1 fully saturated rings. The third kappa shape index (κ3) is 3.63. The summed E-state index contributed by atoms with van der Waals surface area (Å²) < 4.78 is 5.22. The van der Waals surface area contributed by atoms with Gasteiger partial charge in [-0.1, -0.05) is 18.2 Å². The first-order chi connectivity index (χ1) is 12.0. The number of nitrogens with zero attached hydrogens (tertiary/aromatic N) is 2. The Labute approximate surface area is 146 Å². The number of rotatable bonds is 5. The fourth-order valence-electron chi connectivity index (χ4n) is 2.92. The predicted octanol–water partition coefficient (Wildman–Crippen LogP) is 1.96. The van der Waals surface area contributed by atoms with Gasteiger partial charge in [0.25, 0.3) is 0 Å². The van der Waals surface area contributed by atoms with Crippen LogP contribution in [-0.4, -0.2) is 48.2 Å². The third-order valence-electron chi connectivity index (χ3n) is 4.41. The van der Waals surface area contributed by atoms with E-state index in [0.717, 1.165) is 27.0 Å². The fourth-order valence-corrected chi connectivity index (χ4v) is 2.92. The van der Waals surface area contributed by atoms with Crippen molar-refractivity contribution in [3.8, 4) is 5.75 Å². The summed E-state index contributed by atoms with van der Waals surface area (Å²) >= 11 is 0. The van der Waals surface area contributed by atoms with Crippen molar-refractivity contribution in [2.24, 2.45) is 0 Å². The SMILES string of the molecule is COc1ccc2cc(CN(C)C(=O)CN3C(=O)CCC3=O)ccc2c1. The van der Waals surface area contributed by atoms with Crippen molar-refractivity contribution in [2.45, 2.75) is 19.4 Å². The Morgan fingerprint density at radius 2 is 1.72 bits per heavy atom. The molecule has 0 bridgehead atoms. The van der Waals surface area contributed by atoms with E-state index < -0.39 is 0 Å². The number of ether oxygens (including phenoxy) is 1. The van der Waals surface area contributed by atoms with E-state index in [1.807, 2.05) is 36.4 Å². The van der Waals surface area contributed by atoms with Crippen molar-refractivity contribution >= 4 is 28.5 Å². The second kappa shape index (κ2) is 6.93. The lowest BCUT2D eigenvalue weighted by Crippen LogP contribution is -2.40. The first kappa shape index (κ1) is 17.0. The van der Waals surface area contributed by atoms with Gasteiger partial charge in [-0.2, -0.15) is 0 Å². The minimum absolute atomic E-state index is 0.182. The summed E-state index contributed by atoms with van der Waals surface area (Å²) in [7, 11) is 3.30. The number of carbonyl (C=O) groups excluding carboxylic acids is 3. The average molecular weight is 340 g/mol. The molecular weight excluding hydrogens is 320 g/mol. The molecule has 6 nitrogen and oxygen atoms in total. The van der Waals surface area contributed by atoms with Crippen molar-refractivity contribution in [3.63, 3.8) is 0 Å². The van der Waals surface area contributed by atoms with Crippen molar-refractivity contribution in [1.29, 1.82) is 0 Å². The van der Waals surface area contributed by atoms with Crippen molar-refractivity contribution in [3.05, 3.63) is 42.0 Å². The number of amides is 3. The average Bonchev–Trinajstić information content (AvgIpc) is 2.93. The van der Waals surface area contributed by atoms with Gasteiger partial charge in [0.2, 0.25) is 17.7 Å². The molecule has 3 rings (SSSR count). The Morgan fingerprint density at radius 1 is 1.08 bits per heavy atom. The maximum Gasteiger partial charge on any atom is 0.242 e. The van der Waals surface area contributed by atoms with E-state index in [1.165, 1.54) is 4.90 Å². The molecule has 25 heavy (non-hydrogen) atoms. The Balaban J connectivity index is 1.68. The highest BCUT2D eigenvalue weighted by atomic mass is 16.5. The standard InChI is InChI=1S/C19H20N2O4/c1-20(19(24)12-21-17(22)7-8-18(21)23)11-13-3-4-15-10-16(25-2)6-5-14(15)9-13/h3-6,9-10H,7-8,11-12H2,1-2H3. The maximum atomic E-state index is 12.3. The number of hydrogen-bond acceptors (Lipinski definition) is 4. The zero-order chi connectivity index (χ0) is 18.0. The van der Waals surface area contributed by atoms with Crippen LogP contribution in [0.1, 0.15) is 18.4 Å². The summed E-state index contributed by atoms with van der Waals surface area (Å²) in [5, 5.41) is 2.12. The summed E-state index contributed by atoms with van der Waals surface area (Å²) in [6.07, 6.45) is 0.397. The molecule has 0 radical (unpaired) electrons. The molecule has 2 aromatic rings. The van der Waals surface area contributed by atoms with Crippen LogP contribution < -0.4 is 4.74 Å². The Kier molecular flexibility index (Phi) is 4.70. The summed E-state index contributed by atoms with van der Waals surface area (Å²) in [6, 6.07) is 11.8. The smallest absolute Gasteiger partial charge is 0.242 e. The zero-order valence-electron chi connectivity index (χ0n) is 14.3. The molecule has 0 atom stereocenters. The number of fused-ring (bicyclic) bond motifs is 1. The van der Waals surface area contributed by atoms with E-state index in [9.17, 15) is 14.4 Å². The molecule has 6 heteroatoms. The molecule has 0 aliphatic carbocycles. The van der Waals surface area contributed by atoms with Crippen LogP contribution in [0.25, 0.3) is 10.8 Å². The topological polar surface area (TPSA) is 66.9 Å². The van der Waals surface area contributed by atoms with Gasteiger partial charge in [-0.15, -0.1) is 0 Å². The van der Waals surface area contributed by atoms with E-state index in [4.69, 9.17) is 4.74 Å². The predicted molar refractivity (Wildman–Crippen MR) is 92.9 cm³/mol. The first-order valence-electron chi connectivity index (χ1n) is 8.12. The molecule has 0 N–H and O–H groups in total. The molecule has 3 amide bonds. The van der Waals surface area contributed by atoms with Crippen LogP contribution >= 0.6 is 0 Å². The molecule has 130 valence electrons. The Hall–Kier alpha value is -2.89. The monoisotopic (exact) mass is 340 g/mol. The molecule has 0 spiro atoms. The molecule has 1 aliphatic rings. The van der Waals surface area contributed by atoms with Crippen LogP contribution in [0, 0.1) is 0 Å². The van der Waals surface area contributed by atoms with Gasteiger partial charge in [0, 0.05) is 26.4 Å². The summed E-state index contributed by atoms with van der Waals surface area (Å²) in [4.78, 5) is 38.1. The molecule has 2 aromatic carbocycles. The molecule has 0 saturated carbocycles. The number of hydrogen-bond donors (Lipinski definition) is 0. The van der Waals surface area contributed by atoms with E-state index >= 15 is 0 Å². The molecule has 1 aliphatic heterocycles. The lowest BCUT2D eigenvalue weighted by molar-refractivity contribution is -0.145. The minimum atomic E-state index is -0.272. The van der Waals surface area contributed by atoms with Crippen LogP contribution in [-0.2, 0) is 20.9 Å². The highest BCUT2D eigenvalue weighted by Gasteiger charge is 2.31. The second-order valence-electron chi connectivity index (χ2n) is 6.17. The van der Waals surface area contributed by atoms with Crippen molar-refractivity contribution in [2.75, 3.05) is 20.7 Å². The van der Waals surface area contributed by atoms with E-state index in [0.29, 0.717) is 6.54 Å². The molecule has 0 unspecified atom stereocenters. The largest absolute Gasteiger partial charge is 0.497 e. The summed E-state index contributed by atoms with van der Waals surface area (Å²) in [5.41, 5.74) is 0.979. The van der Waals surface area contributed by atoms with Gasteiger partial charge in [0.1, 0.15) is 12.3 Å².